The lowest BCUT2D eigenvalue weighted by Crippen LogP contribution is -2.29. The lowest BCUT2D eigenvalue weighted by atomic mass is 9.86. The van der Waals surface area contributed by atoms with Gasteiger partial charge in [0, 0.05) is 15.2 Å². The highest BCUT2D eigenvalue weighted by molar-refractivity contribution is 9.10. The lowest BCUT2D eigenvalue weighted by molar-refractivity contribution is 0.0971. The van der Waals surface area contributed by atoms with Crippen molar-refractivity contribution in [2.45, 2.75) is 32.2 Å². The lowest BCUT2D eigenvalue weighted by Gasteiger charge is -2.26. The summed E-state index contributed by atoms with van der Waals surface area (Å²) in [5.41, 5.74) is 3.09. The molecule has 166 valence electrons. The van der Waals surface area contributed by atoms with Crippen molar-refractivity contribution in [2.75, 3.05) is 4.90 Å². The molecule has 1 unspecified atom stereocenters. The molecule has 2 heterocycles. The third kappa shape index (κ3) is 3.69. The molecule has 5 rings (SSSR count). The Morgan fingerprint density at radius 3 is 2.36 bits per heavy atom. The van der Waals surface area contributed by atoms with Crippen molar-refractivity contribution in [3.8, 4) is 0 Å². The predicted molar refractivity (Wildman–Crippen MR) is 135 cm³/mol. The average molecular weight is 523 g/mol. The molecular weight excluding hydrogens is 502 g/mol. The van der Waals surface area contributed by atoms with E-state index in [0.717, 1.165) is 10.0 Å². The third-order valence-corrected chi connectivity index (χ3v) is 6.74. The minimum absolute atomic E-state index is 0.0160. The fraction of sp³-hybridized carbons (Fsp3) is 0.185. The number of carbonyl (C=O) groups is 1. The monoisotopic (exact) mass is 521 g/mol. The number of amides is 1. The van der Waals surface area contributed by atoms with E-state index >= 15 is 0 Å². The van der Waals surface area contributed by atoms with E-state index in [1.54, 1.807) is 23.1 Å². The van der Waals surface area contributed by atoms with Crippen LogP contribution in [0, 0.1) is 0 Å². The molecule has 0 spiro atoms. The molecule has 1 aliphatic heterocycles. The van der Waals surface area contributed by atoms with Crippen molar-refractivity contribution in [1.82, 2.24) is 0 Å². The van der Waals surface area contributed by atoms with Crippen LogP contribution in [0.1, 0.15) is 54.1 Å². The van der Waals surface area contributed by atoms with Gasteiger partial charge in [-0.2, -0.15) is 0 Å². The van der Waals surface area contributed by atoms with Crippen molar-refractivity contribution in [3.63, 3.8) is 0 Å². The molecule has 0 N–H and O–H groups in total. The fourth-order valence-corrected chi connectivity index (χ4v) is 4.88. The molecule has 1 atom stereocenters. The van der Waals surface area contributed by atoms with Gasteiger partial charge in [-0.1, -0.05) is 78.6 Å². The van der Waals surface area contributed by atoms with Gasteiger partial charge in [0.1, 0.15) is 5.58 Å². The van der Waals surface area contributed by atoms with Crippen molar-refractivity contribution in [2.24, 2.45) is 0 Å². The Balaban J connectivity index is 1.78. The predicted octanol–water partition coefficient (Wildman–Crippen LogP) is 7.26. The third-order valence-electron chi connectivity index (χ3n) is 6.01. The summed E-state index contributed by atoms with van der Waals surface area (Å²) in [5.74, 6) is -0.276. The van der Waals surface area contributed by atoms with Crippen molar-refractivity contribution < 1.29 is 9.21 Å². The maximum atomic E-state index is 13.7. The fourth-order valence-electron chi connectivity index (χ4n) is 4.32. The molecular formula is C27H21BrClNO3. The molecule has 0 bridgehead atoms. The Morgan fingerprint density at radius 1 is 0.970 bits per heavy atom. The largest absolute Gasteiger partial charge is 0.450 e. The van der Waals surface area contributed by atoms with Crippen LogP contribution in [0.25, 0.3) is 11.0 Å². The van der Waals surface area contributed by atoms with Gasteiger partial charge < -0.3 is 4.42 Å². The first-order chi connectivity index (χ1) is 15.6. The first-order valence-corrected chi connectivity index (χ1v) is 11.8. The zero-order valence-corrected chi connectivity index (χ0v) is 20.7. The molecule has 0 saturated carbocycles. The molecule has 4 nitrogen and oxygen atoms in total. The molecule has 0 aliphatic carbocycles. The SMILES string of the molecule is CC(C)(C)c1ccc(C2c3c(oc4ccc(Cl)cc4c3=O)C(=O)N2c2cccc(Br)c2)cc1. The normalized spacial score (nSPS) is 15.8. The molecule has 6 heteroatoms. The summed E-state index contributed by atoms with van der Waals surface area (Å²) in [6, 6.07) is 19.8. The summed E-state index contributed by atoms with van der Waals surface area (Å²) < 4.78 is 6.84. The van der Waals surface area contributed by atoms with Gasteiger partial charge in [-0.25, -0.2) is 0 Å². The Hall–Kier alpha value is -2.89. The van der Waals surface area contributed by atoms with Gasteiger partial charge in [0.15, 0.2) is 5.43 Å². The number of benzene rings is 3. The summed E-state index contributed by atoms with van der Waals surface area (Å²) in [5, 5.41) is 0.801. The van der Waals surface area contributed by atoms with E-state index < -0.39 is 6.04 Å². The molecule has 1 aliphatic rings. The van der Waals surface area contributed by atoms with Crippen molar-refractivity contribution in [1.29, 1.82) is 0 Å². The zero-order valence-electron chi connectivity index (χ0n) is 18.4. The molecule has 3 aromatic carbocycles. The number of anilines is 1. The summed E-state index contributed by atoms with van der Waals surface area (Å²) in [6.45, 7) is 6.44. The standard InChI is InChI=1S/C27H21BrClNO3/c1-27(2,3)16-9-7-15(8-10-16)23-22-24(31)20-14-18(29)11-12-21(20)33-25(22)26(32)30(23)19-6-4-5-17(28)13-19/h4-14,23H,1-3H3. The second-order valence-corrected chi connectivity index (χ2v) is 10.6. The minimum Gasteiger partial charge on any atom is -0.450 e. The highest BCUT2D eigenvalue weighted by atomic mass is 79.9. The average Bonchev–Trinajstić information content (AvgIpc) is 3.06. The molecule has 1 aromatic heterocycles. The van der Waals surface area contributed by atoms with E-state index in [1.165, 1.54) is 5.56 Å². The number of carbonyl (C=O) groups excluding carboxylic acids is 1. The van der Waals surface area contributed by atoms with Crippen LogP contribution >= 0.6 is 27.5 Å². The molecule has 4 aromatic rings. The van der Waals surface area contributed by atoms with Gasteiger partial charge >= 0.3 is 0 Å². The Kier molecular flexibility index (Phi) is 5.22. The van der Waals surface area contributed by atoms with Crippen molar-refractivity contribution >= 4 is 50.1 Å². The maximum absolute atomic E-state index is 13.7. The van der Waals surface area contributed by atoms with E-state index in [-0.39, 0.29) is 22.5 Å². The van der Waals surface area contributed by atoms with Crippen LogP contribution < -0.4 is 10.3 Å². The maximum Gasteiger partial charge on any atom is 0.295 e. The van der Waals surface area contributed by atoms with Crippen LogP contribution in [0.2, 0.25) is 5.02 Å². The molecule has 0 saturated heterocycles. The second kappa shape index (κ2) is 7.86. The van der Waals surface area contributed by atoms with Gasteiger partial charge in [0.2, 0.25) is 5.76 Å². The Bertz CT molecular complexity index is 1470. The Morgan fingerprint density at radius 2 is 1.70 bits per heavy atom. The highest BCUT2D eigenvalue weighted by Gasteiger charge is 2.43. The van der Waals surface area contributed by atoms with E-state index in [0.29, 0.717) is 27.2 Å². The van der Waals surface area contributed by atoms with Gasteiger partial charge in [-0.05, 0) is 52.9 Å². The summed E-state index contributed by atoms with van der Waals surface area (Å²) in [4.78, 5) is 28.9. The summed E-state index contributed by atoms with van der Waals surface area (Å²) in [6.07, 6.45) is 0. The number of halogens is 2. The summed E-state index contributed by atoms with van der Waals surface area (Å²) in [7, 11) is 0. The number of fused-ring (bicyclic) bond motifs is 2. The van der Waals surface area contributed by atoms with Crippen LogP contribution in [-0.2, 0) is 5.41 Å². The van der Waals surface area contributed by atoms with Gasteiger partial charge in [-0.3, -0.25) is 14.5 Å². The molecule has 33 heavy (non-hydrogen) atoms. The Labute approximate surface area is 204 Å². The van der Waals surface area contributed by atoms with Crippen LogP contribution in [0.3, 0.4) is 0 Å². The van der Waals surface area contributed by atoms with Crippen LogP contribution in [0.15, 0.2) is 80.4 Å². The topological polar surface area (TPSA) is 50.5 Å². The van der Waals surface area contributed by atoms with Crippen molar-refractivity contribution in [3.05, 3.63) is 109 Å². The number of hydrogen-bond donors (Lipinski definition) is 0. The first-order valence-electron chi connectivity index (χ1n) is 10.6. The zero-order chi connectivity index (χ0) is 23.5. The van der Waals surface area contributed by atoms with E-state index in [2.05, 4.69) is 48.8 Å². The molecule has 1 amide bonds. The van der Waals surface area contributed by atoms with Crippen LogP contribution in [0.4, 0.5) is 5.69 Å². The molecule has 0 radical (unpaired) electrons. The number of nitrogens with zero attached hydrogens (tertiary/aromatic N) is 1. The number of hydrogen-bond acceptors (Lipinski definition) is 3. The number of rotatable bonds is 2. The molecule has 0 fully saturated rings. The smallest absolute Gasteiger partial charge is 0.295 e. The minimum atomic E-state index is -0.615. The quantitative estimate of drug-likeness (QED) is 0.278. The van der Waals surface area contributed by atoms with Crippen LogP contribution in [-0.4, -0.2) is 5.91 Å². The summed E-state index contributed by atoms with van der Waals surface area (Å²) >= 11 is 9.65. The highest BCUT2D eigenvalue weighted by Crippen LogP contribution is 2.42. The van der Waals surface area contributed by atoms with E-state index in [1.807, 2.05) is 36.4 Å². The van der Waals surface area contributed by atoms with Crippen LogP contribution in [0.5, 0.6) is 0 Å². The first kappa shape index (κ1) is 21.9. The second-order valence-electron chi connectivity index (χ2n) is 9.24. The van der Waals surface area contributed by atoms with E-state index in [9.17, 15) is 9.59 Å². The van der Waals surface area contributed by atoms with Gasteiger partial charge in [0.05, 0.1) is 17.0 Å². The van der Waals surface area contributed by atoms with E-state index in [4.69, 9.17) is 16.0 Å². The van der Waals surface area contributed by atoms with Gasteiger partial charge in [-0.15, -0.1) is 0 Å². The van der Waals surface area contributed by atoms with Gasteiger partial charge in [0.25, 0.3) is 5.91 Å².